The van der Waals surface area contributed by atoms with Crippen LogP contribution in [0.4, 0.5) is 0 Å². The fourth-order valence-electron chi connectivity index (χ4n) is 4.68. The molecule has 0 unspecified atom stereocenters. The number of para-hydroxylation sites is 1. The molecular weight excluding hydrogens is 424 g/mol. The number of fused-ring (bicyclic) bond motifs is 1. The van der Waals surface area contributed by atoms with Gasteiger partial charge in [-0.3, -0.25) is 9.36 Å². The van der Waals surface area contributed by atoms with Gasteiger partial charge in [0.05, 0.1) is 24.5 Å². The summed E-state index contributed by atoms with van der Waals surface area (Å²) in [7, 11) is 0. The minimum absolute atomic E-state index is 0.114. The van der Waals surface area contributed by atoms with Crippen molar-refractivity contribution in [1.82, 2.24) is 25.1 Å². The van der Waals surface area contributed by atoms with Crippen molar-refractivity contribution >= 4 is 28.6 Å². The van der Waals surface area contributed by atoms with Gasteiger partial charge in [-0.15, -0.1) is 10.2 Å². The summed E-state index contributed by atoms with van der Waals surface area (Å²) in [6.45, 7) is 1.42. The zero-order valence-corrected chi connectivity index (χ0v) is 18.7. The molecule has 3 heterocycles. The van der Waals surface area contributed by atoms with Crippen LogP contribution >= 0.6 is 11.8 Å². The van der Waals surface area contributed by atoms with Gasteiger partial charge < -0.3 is 15.0 Å². The lowest BCUT2D eigenvalue weighted by atomic mass is 10.0. The molecule has 2 fully saturated rings. The molecular formula is C23H26N6O2S. The first-order valence-electron chi connectivity index (χ1n) is 11.1. The van der Waals surface area contributed by atoms with E-state index in [4.69, 9.17) is 4.74 Å². The van der Waals surface area contributed by atoms with Crippen LogP contribution in [0.1, 0.15) is 38.5 Å². The van der Waals surface area contributed by atoms with E-state index < -0.39 is 5.54 Å². The van der Waals surface area contributed by atoms with Crippen molar-refractivity contribution in [3.05, 3.63) is 30.5 Å². The Kier molecular flexibility index (Phi) is 5.89. The summed E-state index contributed by atoms with van der Waals surface area (Å²) in [5.74, 6) is 0.824. The molecule has 2 aliphatic rings. The molecule has 9 heteroatoms. The van der Waals surface area contributed by atoms with Crippen molar-refractivity contribution in [2.45, 2.75) is 61.9 Å². The van der Waals surface area contributed by atoms with Crippen molar-refractivity contribution < 1.29 is 9.53 Å². The van der Waals surface area contributed by atoms with Crippen LogP contribution in [-0.4, -0.2) is 49.7 Å². The summed E-state index contributed by atoms with van der Waals surface area (Å²) in [6.07, 6.45) is 7.52. The maximum Gasteiger partial charge on any atom is 0.231 e. The molecule has 1 aromatic carbocycles. The van der Waals surface area contributed by atoms with Gasteiger partial charge >= 0.3 is 0 Å². The normalized spacial score (nSPS) is 19.9. The second-order valence-electron chi connectivity index (χ2n) is 8.54. The topological polar surface area (TPSA) is 109 Å². The monoisotopic (exact) mass is 450 g/mol. The highest BCUT2D eigenvalue weighted by molar-refractivity contribution is 7.99. The number of nitrogens with one attached hydrogen (secondary N) is 2. The van der Waals surface area contributed by atoms with Gasteiger partial charge in [0.25, 0.3) is 0 Å². The van der Waals surface area contributed by atoms with Crippen LogP contribution in [0.25, 0.3) is 22.3 Å². The molecule has 1 aliphatic carbocycles. The first-order valence-corrected chi connectivity index (χ1v) is 12.1. The Morgan fingerprint density at radius 2 is 2.16 bits per heavy atom. The molecule has 1 saturated carbocycles. The zero-order chi connectivity index (χ0) is 22.0. The Hall–Kier alpha value is -2.83. The van der Waals surface area contributed by atoms with Gasteiger partial charge in [0.1, 0.15) is 5.54 Å². The van der Waals surface area contributed by atoms with E-state index >= 15 is 0 Å². The Balaban J connectivity index is 1.38. The average molecular weight is 451 g/mol. The number of H-pyrrole nitrogens is 1. The highest BCUT2D eigenvalue weighted by atomic mass is 32.2. The Labute approximate surface area is 190 Å². The number of thioether (sulfide) groups is 1. The highest BCUT2D eigenvalue weighted by Gasteiger charge is 2.35. The fourth-order valence-corrected chi connectivity index (χ4v) is 5.43. The molecule has 1 atom stereocenters. The standard InChI is InChI=1S/C23H26N6O2S/c24-15-23(9-3-4-10-23)26-20(30)14-32-22-28-27-21(29(22)13-16-6-5-11-31-16)18-12-25-19-8-2-1-7-17(18)19/h1-2,7-8,12,16,25H,3-6,9-11,13-14H2,(H,26,30)/t16-/m1/s1. The first-order chi connectivity index (χ1) is 15.7. The number of aromatic nitrogens is 4. The molecule has 1 amide bonds. The van der Waals surface area contributed by atoms with E-state index in [1.54, 1.807) is 0 Å². The molecule has 2 N–H and O–H groups in total. The number of hydrogen-bond acceptors (Lipinski definition) is 6. The summed E-state index contributed by atoms with van der Waals surface area (Å²) in [4.78, 5) is 15.9. The number of nitriles is 1. The maximum absolute atomic E-state index is 12.6. The number of carbonyl (C=O) groups excluding carboxylic acids is 1. The molecule has 5 rings (SSSR count). The van der Waals surface area contributed by atoms with Crippen LogP contribution in [0.2, 0.25) is 0 Å². The van der Waals surface area contributed by atoms with Crippen molar-refractivity contribution in [2.24, 2.45) is 0 Å². The van der Waals surface area contributed by atoms with Crippen LogP contribution < -0.4 is 5.32 Å². The molecule has 2 aromatic heterocycles. The summed E-state index contributed by atoms with van der Waals surface area (Å²) in [6, 6.07) is 10.4. The number of amides is 1. The van der Waals surface area contributed by atoms with Gasteiger partial charge in [-0.05, 0) is 44.6 Å². The van der Waals surface area contributed by atoms with E-state index in [1.165, 1.54) is 11.8 Å². The van der Waals surface area contributed by atoms with E-state index in [9.17, 15) is 10.1 Å². The summed E-state index contributed by atoms with van der Waals surface area (Å²) < 4.78 is 7.94. The van der Waals surface area contributed by atoms with Gasteiger partial charge in [-0.2, -0.15) is 5.26 Å². The lowest BCUT2D eigenvalue weighted by molar-refractivity contribution is -0.119. The Morgan fingerprint density at radius 1 is 1.31 bits per heavy atom. The van der Waals surface area contributed by atoms with E-state index in [1.807, 2.05) is 24.4 Å². The average Bonchev–Trinajstić information content (AvgIpc) is 3.60. The lowest BCUT2D eigenvalue weighted by Gasteiger charge is -2.21. The van der Waals surface area contributed by atoms with Gasteiger partial charge in [-0.25, -0.2) is 0 Å². The quantitative estimate of drug-likeness (QED) is 0.532. The third-order valence-corrected chi connectivity index (χ3v) is 7.31. The first kappa shape index (κ1) is 21.0. The van der Waals surface area contributed by atoms with Crippen molar-refractivity contribution in [2.75, 3.05) is 12.4 Å². The Morgan fingerprint density at radius 3 is 2.94 bits per heavy atom. The summed E-state index contributed by atoms with van der Waals surface area (Å²) in [5, 5.41) is 23.2. The van der Waals surface area contributed by atoms with E-state index in [2.05, 4.69) is 37.2 Å². The largest absolute Gasteiger partial charge is 0.376 e. The number of rotatable bonds is 7. The highest BCUT2D eigenvalue weighted by Crippen LogP contribution is 2.32. The van der Waals surface area contributed by atoms with Crippen LogP contribution in [0.15, 0.2) is 35.6 Å². The van der Waals surface area contributed by atoms with Crippen LogP contribution in [0, 0.1) is 11.3 Å². The van der Waals surface area contributed by atoms with Crippen LogP contribution in [-0.2, 0) is 16.1 Å². The van der Waals surface area contributed by atoms with Crippen LogP contribution in [0.5, 0.6) is 0 Å². The molecule has 1 saturated heterocycles. The smallest absolute Gasteiger partial charge is 0.231 e. The third kappa shape index (κ3) is 4.12. The van der Waals surface area contributed by atoms with E-state index in [0.29, 0.717) is 11.7 Å². The maximum atomic E-state index is 12.6. The Bertz CT molecular complexity index is 1150. The number of carbonyl (C=O) groups is 1. The number of benzene rings is 1. The van der Waals surface area contributed by atoms with E-state index in [0.717, 1.165) is 67.4 Å². The number of hydrogen-bond donors (Lipinski definition) is 2. The predicted molar refractivity (Wildman–Crippen MR) is 122 cm³/mol. The molecule has 0 spiro atoms. The minimum Gasteiger partial charge on any atom is -0.376 e. The second kappa shape index (κ2) is 8.96. The van der Waals surface area contributed by atoms with E-state index in [-0.39, 0.29) is 17.8 Å². The van der Waals surface area contributed by atoms with Crippen molar-refractivity contribution in [3.63, 3.8) is 0 Å². The van der Waals surface area contributed by atoms with Gasteiger partial charge in [0.2, 0.25) is 5.91 Å². The summed E-state index contributed by atoms with van der Waals surface area (Å²) in [5.41, 5.74) is 1.32. The van der Waals surface area contributed by atoms with Gasteiger partial charge in [-0.1, -0.05) is 30.0 Å². The second-order valence-corrected chi connectivity index (χ2v) is 9.48. The number of nitrogens with zero attached hydrogens (tertiary/aromatic N) is 4. The SMILES string of the molecule is N#CC1(NC(=O)CSc2nnc(-c3c[nH]c4ccccc34)n2C[C@H]2CCCO2)CCCC1. The predicted octanol–water partition coefficient (Wildman–Crippen LogP) is 3.65. The molecule has 32 heavy (non-hydrogen) atoms. The molecule has 3 aromatic rings. The third-order valence-electron chi connectivity index (χ3n) is 6.34. The van der Waals surface area contributed by atoms with Crippen molar-refractivity contribution in [1.29, 1.82) is 5.26 Å². The number of aromatic amines is 1. The lowest BCUT2D eigenvalue weighted by Crippen LogP contribution is -2.45. The molecule has 166 valence electrons. The fraction of sp³-hybridized carbons (Fsp3) is 0.478. The van der Waals surface area contributed by atoms with Gasteiger partial charge in [0, 0.05) is 29.3 Å². The number of ether oxygens (including phenoxy) is 1. The summed E-state index contributed by atoms with van der Waals surface area (Å²) >= 11 is 1.36. The molecule has 1 aliphatic heterocycles. The zero-order valence-electron chi connectivity index (χ0n) is 17.8. The van der Waals surface area contributed by atoms with Gasteiger partial charge in [0.15, 0.2) is 11.0 Å². The molecule has 0 radical (unpaired) electrons. The van der Waals surface area contributed by atoms with Crippen LogP contribution in [0.3, 0.4) is 0 Å². The minimum atomic E-state index is -0.710. The molecule has 8 nitrogen and oxygen atoms in total. The van der Waals surface area contributed by atoms with Crippen molar-refractivity contribution in [3.8, 4) is 17.5 Å². The molecule has 0 bridgehead atoms.